The molecule has 1 aliphatic rings. The molecule has 0 aromatic heterocycles. The van der Waals surface area contributed by atoms with Gasteiger partial charge >= 0.3 is 5.97 Å². The Hall–Kier alpha value is -1.97. The summed E-state index contributed by atoms with van der Waals surface area (Å²) in [5.74, 6) is -1.16. The van der Waals surface area contributed by atoms with Crippen molar-refractivity contribution in [3.63, 3.8) is 0 Å². The van der Waals surface area contributed by atoms with Gasteiger partial charge < -0.3 is 9.47 Å². The monoisotopic (exact) mass is 487 g/mol. The molecule has 0 spiro atoms. The smallest absolute Gasteiger partial charge is 0.330 e. The van der Waals surface area contributed by atoms with Crippen LogP contribution in [0.2, 0.25) is 10.0 Å². The van der Waals surface area contributed by atoms with E-state index >= 15 is 0 Å². The van der Waals surface area contributed by atoms with Crippen LogP contribution in [0.3, 0.4) is 0 Å². The summed E-state index contributed by atoms with van der Waals surface area (Å²) in [6, 6.07) is 7.00. The van der Waals surface area contributed by atoms with Gasteiger partial charge in [0.25, 0.3) is 0 Å². The lowest BCUT2D eigenvalue weighted by atomic mass is 9.98. The standard InChI is InChI=1S/C21H20Cl2FNO5S/c1-3-29-19(26)8-7-13-5-4-6-18(24)20(13)14-9-16(22)21(17(23)10-14)31(27,28)25(2)11-15-12-30-15/h4-10,15H,3,11-12H2,1-2H3. The first-order chi connectivity index (χ1) is 14.6. The number of likely N-dealkylation sites (N-methyl/N-ethyl adjacent to an activating group) is 1. The van der Waals surface area contributed by atoms with E-state index in [-0.39, 0.29) is 45.3 Å². The molecule has 1 fully saturated rings. The fourth-order valence-corrected chi connectivity index (χ4v) is 5.35. The normalized spacial score (nSPS) is 16.1. The van der Waals surface area contributed by atoms with E-state index in [1.54, 1.807) is 13.0 Å². The maximum atomic E-state index is 14.7. The molecule has 0 saturated carbocycles. The van der Waals surface area contributed by atoms with Crippen molar-refractivity contribution < 1.29 is 27.1 Å². The molecule has 1 unspecified atom stereocenters. The molecule has 6 nitrogen and oxygen atoms in total. The molecule has 1 aliphatic heterocycles. The minimum Gasteiger partial charge on any atom is -0.463 e. The summed E-state index contributed by atoms with van der Waals surface area (Å²) < 4.78 is 51.6. The summed E-state index contributed by atoms with van der Waals surface area (Å²) in [5.41, 5.74) is 0.762. The number of carbonyl (C=O) groups excluding carboxylic acids is 1. The van der Waals surface area contributed by atoms with E-state index in [2.05, 4.69) is 0 Å². The summed E-state index contributed by atoms with van der Waals surface area (Å²) in [4.78, 5) is 11.4. The quantitative estimate of drug-likeness (QED) is 0.313. The van der Waals surface area contributed by atoms with Crippen LogP contribution in [0.5, 0.6) is 0 Å². The van der Waals surface area contributed by atoms with E-state index in [1.807, 2.05) is 0 Å². The van der Waals surface area contributed by atoms with E-state index in [0.717, 1.165) is 4.31 Å². The summed E-state index contributed by atoms with van der Waals surface area (Å²) in [6.45, 7) is 2.55. The molecule has 0 aliphatic carbocycles. The lowest BCUT2D eigenvalue weighted by molar-refractivity contribution is -0.137. The Morgan fingerprint density at radius 3 is 2.55 bits per heavy atom. The summed E-state index contributed by atoms with van der Waals surface area (Å²) in [7, 11) is -2.57. The van der Waals surface area contributed by atoms with Gasteiger partial charge in [-0.1, -0.05) is 35.3 Å². The molecule has 0 N–H and O–H groups in total. The number of nitrogens with zero attached hydrogens (tertiary/aromatic N) is 1. The Morgan fingerprint density at radius 1 is 1.32 bits per heavy atom. The molecule has 3 rings (SSSR count). The number of benzene rings is 2. The van der Waals surface area contributed by atoms with Gasteiger partial charge in [0.15, 0.2) is 0 Å². The molecule has 2 aromatic rings. The van der Waals surface area contributed by atoms with Gasteiger partial charge in [-0.05, 0) is 42.3 Å². The average Bonchev–Trinajstić information content (AvgIpc) is 3.49. The maximum absolute atomic E-state index is 14.7. The summed E-state index contributed by atoms with van der Waals surface area (Å²) >= 11 is 12.6. The summed E-state index contributed by atoms with van der Waals surface area (Å²) in [6.07, 6.45) is 2.44. The topological polar surface area (TPSA) is 76.2 Å². The highest BCUT2D eigenvalue weighted by Crippen LogP contribution is 2.38. The molecule has 1 atom stereocenters. The van der Waals surface area contributed by atoms with Crippen molar-refractivity contribution in [3.05, 3.63) is 57.8 Å². The fourth-order valence-electron chi connectivity index (χ4n) is 3.00. The Kier molecular flexibility index (Phi) is 7.39. The zero-order valence-corrected chi connectivity index (χ0v) is 19.1. The van der Waals surface area contributed by atoms with Crippen LogP contribution in [-0.4, -0.2) is 51.6 Å². The number of esters is 1. The Balaban J connectivity index is 2.03. The third-order valence-electron chi connectivity index (χ3n) is 4.55. The number of halogens is 3. The van der Waals surface area contributed by atoms with Crippen molar-refractivity contribution in [2.75, 3.05) is 26.8 Å². The first-order valence-corrected chi connectivity index (χ1v) is 11.6. The zero-order chi connectivity index (χ0) is 22.8. The largest absolute Gasteiger partial charge is 0.463 e. The minimum atomic E-state index is -3.98. The number of carbonyl (C=O) groups is 1. The molecule has 10 heteroatoms. The van der Waals surface area contributed by atoms with Gasteiger partial charge in [0, 0.05) is 25.2 Å². The molecule has 1 saturated heterocycles. The van der Waals surface area contributed by atoms with Gasteiger partial charge in [-0.2, -0.15) is 4.31 Å². The zero-order valence-electron chi connectivity index (χ0n) is 16.8. The van der Waals surface area contributed by atoms with Crippen LogP contribution >= 0.6 is 23.2 Å². The number of rotatable bonds is 8. The Labute approximate surface area is 190 Å². The second-order valence-corrected chi connectivity index (χ2v) is 9.60. The number of epoxide rings is 1. The van der Waals surface area contributed by atoms with Crippen molar-refractivity contribution in [2.45, 2.75) is 17.9 Å². The van der Waals surface area contributed by atoms with Crippen molar-refractivity contribution in [2.24, 2.45) is 0 Å². The predicted molar refractivity (Wildman–Crippen MR) is 117 cm³/mol. The molecular weight excluding hydrogens is 468 g/mol. The highest BCUT2D eigenvalue weighted by molar-refractivity contribution is 7.89. The van der Waals surface area contributed by atoms with Gasteiger partial charge in [-0.15, -0.1) is 0 Å². The van der Waals surface area contributed by atoms with Gasteiger partial charge in [0.2, 0.25) is 10.0 Å². The number of hydrogen-bond acceptors (Lipinski definition) is 5. The molecule has 2 aromatic carbocycles. The van der Waals surface area contributed by atoms with Crippen molar-refractivity contribution in [1.82, 2.24) is 4.31 Å². The van der Waals surface area contributed by atoms with Crippen molar-refractivity contribution in [3.8, 4) is 11.1 Å². The van der Waals surface area contributed by atoms with Crippen LogP contribution in [0.4, 0.5) is 4.39 Å². The third kappa shape index (κ3) is 5.45. The van der Waals surface area contributed by atoms with Gasteiger partial charge in [0.05, 0.1) is 29.4 Å². The lowest BCUT2D eigenvalue weighted by Gasteiger charge is -2.19. The van der Waals surface area contributed by atoms with Crippen molar-refractivity contribution in [1.29, 1.82) is 0 Å². The van der Waals surface area contributed by atoms with E-state index in [1.165, 1.54) is 43.5 Å². The highest BCUT2D eigenvalue weighted by Gasteiger charge is 2.33. The summed E-state index contributed by atoms with van der Waals surface area (Å²) in [5, 5.41) is -0.288. The molecular formula is C21H20Cl2FNO5S. The van der Waals surface area contributed by atoms with Crippen molar-refractivity contribution >= 4 is 45.3 Å². The maximum Gasteiger partial charge on any atom is 0.330 e. The lowest BCUT2D eigenvalue weighted by Crippen LogP contribution is -2.31. The third-order valence-corrected chi connectivity index (χ3v) is 7.30. The highest BCUT2D eigenvalue weighted by atomic mass is 35.5. The van der Waals surface area contributed by atoms with Crippen LogP contribution in [0.1, 0.15) is 12.5 Å². The van der Waals surface area contributed by atoms with Crippen LogP contribution in [0.25, 0.3) is 17.2 Å². The first kappa shape index (κ1) is 23.7. The molecule has 0 amide bonds. The van der Waals surface area contributed by atoms with E-state index < -0.39 is 21.8 Å². The van der Waals surface area contributed by atoms with Gasteiger partial charge in [-0.25, -0.2) is 17.6 Å². The fraction of sp³-hybridized carbons (Fsp3) is 0.286. The number of sulfonamides is 1. The Morgan fingerprint density at radius 2 is 1.97 bits per heavy atom. The van der Waals surface area contributed by atoms with Crippen LogP contribution in [-0.2, 0) is 24.3 Å². The van der Waals surface area contributed by atoms with Crippen LogP contribution < -0.4 is 0 Å². The minimum absolute atomic E-state index is 0.121. The molecule has 0 bridgehead atoms. The first-order valence-electron chi connectivity index (χ1n) is 9.35. The van der Waals surface area contributed by atoms with E-state index in [0.29, 0.717) is 12.2 Å². The van der Waals surface area contributed by atoms with E-state index in [4.69, 9.17) is 32.7 Å². The number of hydrogen-bond donors (Lipinski definition) is 0. The average molecular weight is 488 g/mol. The number of ether oxygens (including phenoxy) is 2. The van der Waals surface area contributed by atoms with E-state index in [9.17, 15) is 17.6 Å². The van der Waals surface area contributed by atoms with Gasteiger partial charge in [0.1, 0.15) is 10.7 Å². The molecule has 31 heavy (non-hydrogen) atoms. The van der Waals surface area contributed by atoms with Crippen LogP contribution in [0.15, 0.2) is 41.3 Å². The second kappa shape index (κ2) is 9.67. The second-order valence-electron chi connectivity index (χ2n) is 6.80. The predicted octanol–water partition coefficient (Wildman–Crippen LogP) is 4.40. The van der Waals surface area contributed by atoms with Crippen LogP contribution in [0, 0.1) is 5.82 Å². The molecule has 1 heterocycles. The Bertz CT molecular complexity index is 1110. The van der Waals surface area contributed by atoms with Gasteiger partial charge in [-0.3, -0.25) is 0 Å². The SMILES string of the molecule is CCOC(=O)C=Cc1cccc(F)c1-c1cc(Cl)c(S(=O)(=O)N(C)CC2CO2)c(Cl)c1. The molecule has 0 radical (unpaired) electrons. The molecule has 166 valence electrons.